The van der Waals surface area contributed by atoms with Crippen LogP contribution in [0.1, 0.15) is 5.56 Å². The maximum atomic E-state index is 14.1. The minimum atomic E-state index is -0.396. The average Bonchev–Trinajstić information content (AvgIpc) is 2.36. The van der Waals surface area contributed by atoms with E-state index >= 15 is 0 Å². The molecule has 0 atom stereocenters. The van der Waals surface area contributed by atoms with E-state index in [1.807, 2.05) is 5.01 Å². The highest BCUT2D eigenvalue weighted by atomic mass is 79.9. The van der Waals surface area contributed by atoms with E-state index in [-0.39, 0.29) is 9.46 Å². The lowest BCUT2D eigenvalue weighted by atomic mass is 10.2. The van der Waals surface area contributed by atoms with E-state index < -0.39 is 5.82 Å². The molecule has 1 aromatic rings. The number of nitrogens with one attached hydrogen (secondary N) is 1. The van der Waals surface area contributed by atoms with Crippen LogP contribution in [-0.4, -0.2) is 36.3 Å². The first-order valence-corrected chi connectivity index (χ1v) is 6.67. The van der Waals surface area contributed by atoms with Gasteiger partial charge in [-0.1, -0.05) is 12.2 Å². The van der Waals surface area contributed by atoms with Crippen LogP contribution >= 0.6 is 28.1 Å². The van der Waals surface area contributed by atoms with E-state index in [0.717, 1.165) is 0 Å². The molecule has 1 aromatic carbocycles. The van der Waals surface area contributed by atoms with Crippen LogP contribution in [0.3, 0.4) is 0 Å². The van der Waals surface area contributed by atoms with Crippen LogP contribution in [0.15, 0.2) is 16.6 Å². The summed E-state index contributed by atoms with van der Waals surface area (Å²) in [6.45, 7) is 2.71. The number of nitrogens with zero attached hydrogens (tertiary/aromatic N) is 1. The van der Waals surface area contributed by atoms with E-state index in [0.29, 0.717) is 37.6 Å². The molecular formula is C11H13BrFN3OS. The van der Waals surface area contributed by atoms with Crippen LogP contribution in [0.25, 0.3) is 0 Å². The number of anilines is 1. The van der Waals surface area contributed by atoms with E-state index in [1.165, 1.54) is 0 Å². The Morgan fingerprint density at radius 3 is 2.72 bits per heavy atom. The Labute approximate surface area is 118 Å². The van der Waals surface area contributed by atoms with E-state index in [2.05, 4.69) is 21.4 Å². The maximum Gasteiger partial charge on any atom is 0.162 e. The Kier molecular flexibility index (Phi) is 4.50. The number of hydrogen-bond acceptors (Lipinski definition) is 4. The number of halogens is 2. The molecule has 1 heterocycles. The van der Waals surface area contributed by atoms with Gasteiger partial charge in [-0.25, -0.2) is 9.40 Å². The Balaban J connectivity index is 2.18. The van der Waals surface area contributed by atoms with Gasteiger partial charge in [-0.3, -0.25) is 0 Å². The van der Waals surface area contributed by atoms with Crippen molar-refractivity contribution in [3.63, 3.8) is 0 Å². The van der Waals surface area contributed by atoms with Gasteiger partial charge in [0.15, 0.2) is 5.82 Å². The minimum Gasteiger partial charge on any atom is -0.389 e. The monoisotopic (exact) mass is 333 g/mol. The molecular weight excluding hydrogens is 321 g/mol. The highest BCUT2D eigenvalue weighted by molar-refractivity contribution is 9.10. The first-order chi connectivity index (χ1) is 8.59. The largest absolute Gasteiger partial charge is 0.389 e. The SMILES string of the molecule is NC(=S)c1ccc(NN2CCOCC2)c(F)c1Br. The fourth-order valence-electron chi connectivity index (χ4n) is 1.67. The molecule has 1 saturated heterocycles. The van der Waals surface area contributed by atoms with Crippen molar-refractivity contribution in [2.24, 2.45) is 5.73 Å². The van der Waals surface area contributed by atoms with Gasteiger partial charge in [0.05, 0.1) is 23.4 Å². The van der Waals surface area contributed by atoms with Gasteiger partial charge in [-0.2, -0.15) is 0 Å². The van der Waals surface area contributed by atoms with E-state index in [4.69, 9.17) is 22.7 Å². The molecule has 18 heavy (non-hydrogen) atoms. The van der Waals surface area contributed by atoms with Crippen molar-refractivity contribution in [1.29, 1.82) is 0 Å². The molecule has 1 aliphatic heterocycles. The van der Waals surface area contributed by atoms with Crippen LogP contribution in [0.4, 0.5) is 10.1 Å². The summed E-state index contributed by atoms with van der Waals surface area (Å²) in [6, 6.07) is 3.32. The standard InChI is InChI=1S/C11H13BrFN3OS/c12-9-7(11(14)18)1-2-8(10(9)13)15-16-3-5-17-6-4-16/h1-2,15H,3-6H2,(H2,14,18). The summed E-state index contributed by atoms with van der Waals surface area (Å²) in [7, 11) is 0. The molecule has 0 unspecified atom stereocenters. The normalized spacial score (nSPS) is 16.6. The molecule has 2 rings (SSSR count). The van der Waals surface area contributed by atoms with Gasteiger partial charge in [0.25, 0.3) is 0 Å². The summed E-state index contributed by atoms with van der Waals surface area (Å²) in [6.07, 6.45) is 0. The van der Waals surface area contributed by atoms with Crippen LogP contribution < -0.4 is 11.2 Å². The highest BCUT2D eigenvalue weighted by Gasteiger charge is 2.16. The first kappa shape index (κ1) is 13.7. The van der Waals surface area contributed by atoms with Gasteiger partial charge in [0.1, 0.15) is 4.99 Å². The van der Waals surface area contributed by atoms with Crippen LogP contribution in [0, 0.1) is 5.82 Å². The molecule has 0 saturated carbocycles. The molecule has 1 aliphatic rings. The minimum absolute atomic E-state index is 0.165. The molecule has 98 valence electrons. The molecule has 0 radical (unpaired) electrons. The Morgan fingerprint density at radius 1 is 1.44 bits per heavy atom. The van der Waals surface area contributed by atoms with Crippen molar-refractivity contribution in [1.82, 2.24) is 5.01 Å². The second kappa shape index (κ2) is 5.92. The number of nitrogens with two attached hydrogens (primary N) is 1. The van der Waals surface area contributed by atoms with Gasteiger partial charge < -0.3 is 15.9 Å². The predicted octanol–water partition coefficient (Wildman–Crippen LogP) is 1.88. The Bertz CT molecular complexity index is 466. The average molecular weight is 334 g/mol. The lowest BCUT2D eigenvalue weighted by molar-refractivity contribution is 0.0495. The van der Waals surface area contributed by atoms with Crippen LogP contribution in [-0.2, 0) is 4.74 Å². The van der Waals surface area contributed by atoms with Crippen LogP contribution in [0.2, 0.25) is 0 Å². The fraction of sp³-hybridized carbons (Fsp3) is 0.364. The van der Waals surface area contributed by atoms with Gasteiger partial charge in [-0.05, 0) is 28.1 Å². The smallest absolute Gasteiger partial charge is 0.162 e. The lowest BCUT2D eigenvalue weighted by Gasteiger charge is -2.28. The molecule has 4 nitrogen and oxygen atoms in total. The molecule has 0 aliphatic carbocycles. The van der Waals surface area contributed by atoms with Crippen molar-refractivity contribution < 1.29 is 9.13 Å². The third kappa shape index (κ3) is 2.97. The van der Waals surface area contributed by atoms with E-state index in [1.54, 1.807) is 12.1 Å². The molecule has 0 aromatic heterocycles. The van der Waals surface area contributed by atoms with Crippen LogP contribution in [0.5, 0.6) is 0 Å². The summed E-state index contributed by atoms with van der Waals surface area (Å²) >= 11 is 8.02. The summed E-state index contributed by atoms with van der Waals surface area (Å²) in [5.74, 6) is -0.396. The predicted molar refractivity (Wildman–Crippen MR) is 76.0 cm³/mol. The van der Waals surface area contributed by atoms with Crippen molar-refractivity contribution in [3.8, 4) is 0 Å². The zero-order chi connectivity index (χ0) is 13.1. The number of benzene rings is 1. The second-order valence-corrected chi connectivity index (χ2v) is 5.10. The molecule has 1 fully saturated rings. The first-order valence-electron chi connectivity index (χ1n) is 5.46. The molecule has 7 heteroatoms. The Hall–Kier alpha value is -0.760. The third-order valence-electron chi connectivity index (χ3n) is 2.64. The van der Waals surface area contributed by atoms with Gasteiger partial charge >= 0.3 is 0 Å². The topological polar surface area (TPSA) is 50.5 Å². The molecule has 3 N–H and O–H groups in total. The number of hydrazine groups is 1. The van der Waals surface area contributed by atoms with Gasteiger partial charge in [0.2, 0.25) is 0 Å². The maximum absolute atomic E-state index is 14.1. The van der Waals surface area contributed by atoms with Crippen molar-refractivity contribution in [3.05, 3.63) is 28.0 Å². The summed E-state index contributed by atoms with van der Waals surface area (Å²) in [4.78, 5) is 0.165. The van der Waals surface area contributed by atoms with Crippen molar-refractivity contribution in [2.75, 3.05) is 31.7 Å². The zero-order valence-electron chi connectivity index (χ0n) is 9.58. The number of rotatable bonds is 3. The molecule has 0 amide bonds. The molecule has 0 bridgehead atoms. The number of morpholine rings is 1. The van der Waals surface area contributed by atoms with Crippen molar-refractivity contribution >= 4 is 38.8 Å². The third-order valence-corrected chi connectivity index (χ3v) is 3.63. The fourth-order valence-corrected chi connectivity index (χ4v) is 2.53. The van der Waals surface area contributed by atoms with Crippen molar-refractivity contribution in [2.45, 2.75) is 0 Å². The summed E-state index contributed by atoms with van der Waals surface area (Å²) in [5, 5.41) is 1.91. The molecule has 0 spiro atoms. The second-order valence-electron chi connectivity index (χ2n) is 3.86. The number of thiocarbonyl (C=S) groups is 1. The zero-order valence-corrected chi connectivity index (χ0v) is 12.0. The van der Waals surface area contributed by atoms with E-state index in [9.17, 15) is 4.39 Å². The highest BCUT2D eigenvalue weighted by Crippen LogP contribution is 2.27. The van der Waals surface area contributed by atoms with Gasteiger partial charge in [-0.15, -0.1) is 0 Å². The Morgan fingerprint density at radius 2 is 2.11 bits per heavy atom. The number of ether oxygens (including phenoxy) is 1. The summed E-state index contributed by atoms with van der Waals surface area (Å²) < 4.78 is 19.6. The lowest BCUT2D eigenvalue weighted by Crippen LogP contribution is -2.40. The number of hydrogen-bond donors (Lipinski definition) is 2. The summed E-state index contributed by atoms with van der Waals surface area (Å²) in [5.41, 5.74) is 9.41. The van der Waals surface area contributed by atoms with Gasteiger partial charge in [0, 0.05) is 18.7 Å². The quantitative estimate of drug-likeness (QED) is 0.827.